The summed E-state index contributed by atoms with van der Waals surface area (Å²) in [7, 11) is 0. The minimum Gasteiger partial charge on any atom is -0.474 e. The lowest BCUT2D eigenvalue weighted by atomic mass is 9.85. The van der Waals surface area contributed by atoms with Crippen molar-refractivity contribution in [3.8, 4) is 5.88 Å². The second-order valence-electron chi connectivity index (χ2n) is 6.33. The molecule has 0 aliphatic heterocycles. The summed E-state index contributed by atoms with van der Waals surface area (Å²) < 4.78 is 19.5. The summed E-state index contributed by atoms with van der Waals surface area (Å²) >= 11 is 0. The van der Waals surface area contributed by atoms with E-state index >= 15 is 0 Å². The van der Waals surface area contributed by atoms with E-state index in [9.17, 15) is 4.39 Å². The van der Waals surface area contributed by atoms with Gasteiger partial charge in [-0.1, -0.05) is 33.6 Å². The van der Waals surface area contributed by atoms with Crippen LogP contribution < -0.4 is 10.1 Å². The second-order valence-corrected chi connectivity index (χ2v) is 6.33. The lowest BCUT2D eigenvalue weighted by molar-refractivity contribution is 0.115. The van der Waals surface area contributed by atoms with Gasteiger partial charge in [0.1, 0.15) is 11.9 Å². The molecule has 1 aromatic rings. The Bertz CT molecular complexity index is 450. The standard InChI is InChI=1S/C17H27FN2O/c1-4-13-6-5-7-16(8-13)21-17-14(10-19-12(2)3)9-15(18)11-20-17/h9,11-13,16,19H,4-8,10H2,1-3H3. The highest BCUT2D eigenvalue weighted by molar-refractivity contribution is 5.26. The summed E-state index contributed by atoms with van der Waals surface area (Å²) in [6.45, 7) is 6.96. The number of rotatable bonds is 6. The largest absolute Gasteiger partial charge is 0.474 e. The van der Waals surface area contributed by atoms with Crippen molar-refractivity contribution in [3.63, 3.8) is 0 Å². The zero-order valence-electron chi connectivity index (χ0n) is 13.4. The number of hydrogen-bond acceptors (Lipinski definition) is 3. The van der Waals surface area contributed by atoms with E-state index in [0.29, 0.717) is 18.5 Å². The number of aromatic nitrogens is 1. The summed E-state index contributed by atoms with van der Waals surface area (Å²) in [5, 5.41) is 3.30. The Morgan fingerprint density at radius 1 is 1.43 bits per heavy atom. The Morgan fingerprint density at radius 3 is 2.95 bits per heavy atom. The maximum Gasteiger partial charge on any atom is 0.218 e. The molecule has 0 spiro atoms. The van der Waals surface area contributed by atoms with Gasteiger partial charge in [-0.15, -0.1) is 0 Å². The summed E-state index contributed by atoms with van der Waals surface area (Å²) in [4.78, 5) is 4.16. The maximum absolute atomic E-state index is 13.4. The fraction of sp³-hybridized carbons (Fsp3) is 0.706. The first-order valence-electron chi connectivity index (χ1n) is 8.13. The molecule has 0 aromatic carbocycles. The minimum atomic E-state index is -0.307. The van der Waals surface area contributed by atoms with Crippen LogP contribution in [0.2, 0.25) is 0 Å². The summed E-state index contributed by atoms with van der Waals surface area (Å²) in [6.07, 6.45) is 7.35. The Kier molecular flexibility index (Phi) is 5.97. The topological polar surface area (TPSA) is 34.1 Å². The van der Waals surface area contributed by atoms with Gasteiger partial charge in [0.2, 0.25) is 5.88 Å². The van der Waals surface area contributed by atoms with Crippen LogP contribution >= 0.6 is 0 Å². The highest BCUT2D eigenvalue weighted by Gasteiger charge is 2.23. The Balaban J connectivity index is 2.04. The van der Waals surface area contributed by atoms with Gasteiger partial charge in [0, 0.05) is 18.2 Å². The molecular formula is C17H27FN2O. The van der Waals surface area contributed by atoms with Crippen LogP contribution in [-0.4, -0.2) is 17.1 Å². The zero-order chi connectivity index (χ0) is 15.2. The van der Waals surface area contributed by atoms with E-state index in [1.54, 1.807) is 0 Å². The SMILES string of the molecule is CCC1CCCC(Oc2ncc(F)cc2CNC(C)C)C1. The van der Waals surface area contributed by atoms with Crippen molar-refractivity contribution in [2.24, 2.45) is 5.92 Å². The minimum absolute atomic E-state index is 0.222. The smallest absolute Gasteiger partial charge is 0.218 e. The van der Waals surface area contributed by atoms with Crippen molar-refractivity contribution >= 4 is 0 Å². The van der Waals surface area contributed by atoms with Gasteiger partial charge in [0.15, 0.2) is 0 Å². The molecular weight excluding hydrogens is 267 g/mol. The van der Waals surface area contributed by atoms with Crippen LogP contribution in [0.15, 0.2) is 12.3 Å². The van der Waals surface area contributed by atoms with Gasteiger partial charge in [-0.2, -0.15) is 0 Å². The third-order valence-corrected chi connectivity index (χ3v) is 4.18. The van der Waals surface area contributed by atoms with E-state index in [2.05, 4.69) is 31.1 Å². The molecule has 0 saturated heterocycles. The van der Waals surface area contributed by atoms with E-state index in [1.807, 2.05) is 0 Å². The van der Waals surface area contributed by atoms with Gasteiger partial charge in [-0.3, -0.25) is 0 Å². The quantitative estimate of drug-likeness (QED) is 0.859. The van der Waals surface area contributed by atoms with Gasteiger partial charge in [0.25, 0.3) is 0 Å². The summed E-state index contributed by atoms with van der Waals surface area (Å²) in [5.41, 5.74) is 0.808. The average Bonchev–Trinajstić information content (AvgIpc) is 2.47. The molecule has 1 aliphatic carbocycles. The Hall–Kier alpha value is -1.16. The van der Waals surface area contributed by atoms with Crippen LogP contribution in [0.3, 0.4) is 0 Å². The predicted octanol–water partition coefficient (Wildman–Crippen LogP) is 4.07. The van der Waals surface area contributed by atoms with Crippen molar-refractivity contribution < 1.29 is 9.13 Å². The van der Waals surface area contributed by atoms with Crippen molar-refractivity contribution in [1.29, 1.82) is 0 Å². The van der Waals surface area contributed by atoms with E-state index in [4.69, 9.17) is 4.74 Å². The lowest BCUT2D eigenvalue weighted by Crippen LogP contribution is -2.27. The van der Waals surface area contributed by atoms with Crippen molar-refractivity contribution in [1.82, 2.24) is 10.3 Å². The van der Waals surface area contributed by atoms with Gasteiger partial charge in [-0.05, 0) is 31.2 Å². The van der Waals surface area contributed by atoms with Crippen LogP contribution in [0, 0.1) is 11.7 Å². The van der Waals surface area contributed by atoms with Crippen molar-refractivity contribution in [2.45, 2.75) is 71.6 Å². The molecule has 0 radical (unpaired) electrons. The summed E-state index contributed by atoms with van der Waals surface area (Å²) in [6, 6.07) is 1.87. The third-order valence-electron chi connectivity index (χ3n) is 4.18. The molecule has 118 valence electrons. The molecule has 0 amide bonds. The predicted molar refractivity (Wildman–Crippen MR) is 82.8 cm³/mol. The van der Waals surface area contributed by atoms with Gasteiger partial charge in [0.05, 0.1) is 6.20 Å². The average molecular weight is 294 g/mol. The van der Waals surface area contributed by atoms with Crippen LogP contribution in [-0.2, 0) is 6.54 Å². The highest BCUT2D eigenvalue weighted by atomic mass is 19.1. The van der Waals surface area contributed by atoms with Crippen LogP contribution in [0.25, 0.3) is 0 Å². The number of halogens is 1. The second kappa shape index (κ2) is 7.74. The Morgan fingerprint density at radius 2 is 2.24 bits per heavy atom. The van der Waals surface area contributed by atoms with E-state index in [0.717, 1.165) is 24.3 Å². The van der Waals surface area contributed by atoms with Crippen molar-refractivity contribution in [3.05, 3.63) is 23.6 Å². The normalized spacial score (nSPS) is 22.5. The maximum atomic E-state index is 13.4. The van der Waals surface area contributed by atoms with Gasteiger partial charge in [-0.25, -0.2) is 9.37 Å². The van der Waals surface area contributed by atoms with Crippen LogP contribution in [0.4, 0.5) is 4.39 Å². The molecule has 1 saturated carbocycles. The molecule has 0 bridgehead atoms. The fourth-order valence-electron chi connectivity index (χ4n) is 2.89. The fourth-order valence-corrected chi connectivity index (χ4v) is 2.89. The molecule has 1 aliphatic rings. The molecule has 1 fully saturated rings. The lowest BCUT2D eigenvalue weighted by Gasteiger charge is -2.29. The Labute approximate surface area is 127 Å². The first kappa shape index (κ1) is 16.2. The first-order chi connectivity index (χ1) is 10.1. The molecule has 1 N–H and O–H groups in total. The molecule has 4 heteroatoms. The van der Waals surface area contributed by atoms with E-state index in [1.165, 1.54) is 31.5 Å². The number of nitrogens with one attached hydrogen (secondary N) is 1. The third kappa shape index (κ3) is 4.95. The van der Waals surface area contributed by atoms with Crippen LogP contribution in [0.1, 0.15) is 58.4 Å². The van der Waals surface area contributed by atoms with E-state index < -0.39 is 0 Å². The number of nitrogens with zero attached hydrogens (tertiary/aromatic N) is 1. The zero-order valence-corrected chi connectivity index (χ0v) is 13.4. The van der Waals surface area contributed by atoms with Gasteiger partial charge < -0.3 is 10.1 Å². The molecule has 1 heterocycles. The molecule has 2 atom stereocenters. The molecule has 3 nitrogen and oxygen atoms in total. The number of ether oxygens (including phenoxy) is 1. The van der Waals surface area contributed by atoms with Crippen molar-refractivity contribution in [2.75, 3.05) is 0 Å². The first-order valence-corrected chi connectivity index (χ1v) is 8.13. The summed E-state index contributed by atoms with van der Waals surface area (Å²) in [5.74, 6) is 1.03. The van der Waals surface area contributed by atoms with E-state index in [-0.39, 0.29) is 11.9 Å². The molecule has 2 unspecified atom stereocenters. The molecule has 2 rings (SSSR count). The molecule has 1 aromatic heterocycles. The highest BCUT2D eigenvalue weighted by Crippen LogP contribution is 2.30. The van der Waals surface area contributed by atoms with Crippen LogP contribution in [0.5, 0.6) is 5.88 Å². The number of pyridine rings is 1. The molecule has 21 heavy (non-hydrogen) atoms. The number of hydrogen-bond donors (Lipinski definition) is 1. The monoisotopic (exact) mass is 294 g/mol. The van der Waals surface area contributed by atoms with Gasteiger partial charge >= 0.3 is 0 Å².